The zero-order valence-electron chi connectivity index (χ0n) is 10.2. The van der Waals surface area contributed by atoms with Gasteiger partial charge in [-0.15, -0.1) is 11.3 Å². The number of sulfonamides is 1. The molecule has 0 aliphatic rings. The van der Waals surface area contributed by atoms with Crippen molar-refractivity contribution in [1.29, 1.82) is 0 Å². The molecule has 1 aromatic rings. The van der Waals surface area contributed by atoms with Crippen molar-refractivity contribution in [3.8, 4) is 0 Å². The topological polar surface area (TPSA) is 72.5 Å². The lowest BCUT2D eigenvalue weighted by molar-refractivity contribution is 0.0527. The molecule has 0 fully saturated rings. The van der Waals surface area contributed by atoms with E-state index in [-0.39, 0.29) is 6.61 Å². The van der Waals surface area contributed by atoms with E-state index in [1.807, 2.05) is 6.92 Å². The molecule has 1 aromatic heterocycles. The fourth-order valence-corrected chi connectivity index (χ4v) is 3.28. The first-order valence-corrected chi connectivity index (χ1v) is 7.72. The van der Waals surface area contributed by atoms with Gasteiger partial charge in [0, 0.05) is 4.88 Å². The number of nitrogens with one attached hydrogen (secondary N) is 1. The summed E-state index contributed by atoms with van der Waals surface area (Å²) in [6, 6.07) is 0. The Balaban J connectivity index is 3.22. The first-order valence-electron chi connectivity index (χ1n) is 5.01. The van der Waals surface area contributed by atoms with Gasteiger partial charge in [-0.2, -0.15) is 0 Å². The third kappa shape index (κ3) is 3.44. The van der Waals surface area contributed by atoms with Crippen LogP contribution in [0.5, 0.6) is 0 Å². The molecule has 17 heavy (non-hydrogen) atoms. The van der Waals surface area contributed by atoms with Crippen LogP contribution in [0.25, 0.3) is 0 Å². The fourth-order valence-electron chi connectivity index (χ4n) is 1.32. The molecule has 96 valence electrons. The Kier molecular flexibility index (Phi) is 4.16. The smallest absolute Gasteiger partial charge is 0.341 e. The van der Waals surface area contributed by atoms with Crippen LogP contribution in [0.1, 0.15) is 27.7 Å². The largest absolute Gasteiger partial charge is 0.462 e. The van der Waals surface area contributed by atoms with E-state index < -0.39 is 16.0 Å². The summed E-state index contributed by atoms with van der Waals surface area (Å²) in [7, 11) is -3.40. The molecule has 0 amide bonds. The highest BCUT2D eigenvalue weighted by Gasteiger charge is 2.22. The van der Waals surface area contributed by atoms with Crippen molar-refractivity contribution in [2.75, 3.05) is 17.6 Å². The molecule has 1 rings (SSSR count). The summed E-state index contributed by atoms with van der Waals surface area (Å²) in [6.45, 7) is 5.56. The maximum Gasteiger partial charge on any atom is 0.341 e. The van der Waals surface area contributed by atoms with Crippen molar-refractivity contribution < 1.29 is 17.9 Å². The van der Waals surface area contributed by atoms with E-state index in [2.05, 4.69) is 4.72 Å². The molecule has 0 unspecified atom stereocenters. The zero-order chi connectivity index (χ0) is 13.2. The summed E-state index contributed by atoms with van der Waals surface area (Å²) in [6.07, 6.45) is 1.05. The van der Waals surface area contributed by atoms with Gasteiger partial charge in [-0.05, 0) is 26.3 Å². The summed E-state index contributed by atoms with van der Waals surface area (Å²) in [4.78, 5) is 12.6. The van der Waals surface area contributed by atoms with Crippen molar-refractivity contribution in [3.05, 3.63) is 16.0 Å². The van der Waals surface area contributed by atoms with E-state index in [1.165, 1.54) is 11.3 Å². The maximum absolute atomic E-state index is 11.7. The number of carbonyl (C=O) groups is 1. The number of carbonyl (C=O) groups excluding carboxylic acids is 1. The summed E-state index contributed by atoms with van der Waals surface area (Å²) in [5.74, 6) is -0.500. The van der Waals surface area contributed by atoms with Gasteiger partial charge in [0.15, 0.2) is 0 Å². The molecule has 0 atom stereocenters. The van der Waals surface area contributed by atoms with E-state index in [0.717, 1.165) is 16.7 Å². The predicted octanol–water partition coefficient (Wildman–Crippen LogP) is 1.91. The fraction of sp³-hybridized carbons (Fsp3) is 0.500. The van der Waals surface area contributed by atoms with E-state index in [1.54, 1.807) is 13.8 Å². The van der Waals surface area contributed by atoms with Gasteiger partial charge in [-0.25, -0.2) is 13.2 Å². The van der Waals surface area contributed by atoms with Gasteiger partial charge in [0.05, 0.1) is 18.4 Å². The van der Waals surface area contributed by atoms with Gasteiger partial charge in [-0.1, -0.05) is 0 Å². The Morgan fingerprint density at radius 1 is 1.41 bits per heavy atom. The molecular formula is C10H15NO4S2. The molecule has 0 aliphatic heterocycles. The minimum atomic E-state index is -3.40. The van der Waals surface area contributed by atoms with Crippen molar-refractivity contribution in [1.82, 2.24) is 0 Å². The number of anilines is 1. The number of aryl methyl sites for hydroxylation is 1. The van der Waals surface area contributed by atoms with Gasteiger partial charge in [0.2, 0.25) is 10.0 Å². The van der Waals surface area contributed by atoms with Crippen LogP contribution in [0.2, 0.25) is 0 Å². The summed E-state index contributed by atoms with van der Waals surface area (Å²) in [5.41, 5.74) is 1.05. The molecule has 0 saturated carbocycles. The van der Waals surface area contributed by atoms with Crippen LogP contribution in [-0.4, -0.2) is 27.2 Å². The van der Waals surface area contributed by atoms with Crippen molar-refractivity contribution in [2.45, 2.75) is 20.8 Å². The Hall–Kier alpha value is -1.08. The van der Waals surface area contributed by atoms with E-state index >= 15 is 0 Å². The standard InChI is InChI=1S/C10H15NO4S2/c1-5-15-10(12)8-6(2)7(3)16-9(8)11-17(4,13)14/h11H,5H2,1-4H3. The van der Waals surface area contributed by atoms with E-state index in [4.69, 9.17) is 4.74 Å². The van der Waals surface area contributed by atoms with Crippen LogP contribution in [-0.2, 0) is 14.8 Å². The summed E-state index contributed by atoms with van der Waals surface area (Å²) < 4.78 is 29.6. The summed E-state index contributed by atoms with van der Waals surface area (Å²) >= 11 is 1.23. The second kappa shape index (κ2) is 5.05. The molecule has 0 bridgehead atoms. The second-order valence-corrected chi connectivity index (χ2v) is 6.56. The Morgan fingerprint density at radius 3 is 2.47 bits per heavy atom. The molecule has 1 N–H and O–H groups in total. The molecule has 1 heterocycles. The maximum atomic E-state index is 11.7. The third-order valence-corrected chi connectivity index (χ3v) is 3.97. The third-order valence-electron chi connectivity index (χ3n) is 2.14. The first kappa shape index (κ1) is 14.0. The summed E-state index contributed by atoms with van der Waals surface area (Å²) in [5, 5.41) is 0.320. The number of hydrogen-bond acceptors (Lipinski definition) is 5. The average molecular weight is 277 g/mol. The Morgan fingerprint density at radius 2 is 2.00 bits per heavy atom. The SMILES string of the molecule is CCOC(=O)c1c(NS(C)(=O)=O)sc(C)c1C. The molecule has 0 radical (unpaired) electrons. The van der Waals surface area contributed by atoms with Gasteiger partial charge in [0.25, 0.3) is 0 Å². The molecule has 0 spiro atoms. The van der Waals surface area contributed by atoms with Crippen LogP contribution in [0.15, 0.2) is 0 Å². The molecule has 0 aliphatic carbocycles. The van der Waals surface area contributed by atoms with Gasteiger partial charge in [-0.3, -0.25) is 4.72 Å². The Bertz CT molecular complexity index is 531. The monoisotopic (exact) mass is 277 g/mol. The van der Waals surface area contributed by atoms with Crippen LogP contribution in [0.4, 0.5) is 5.00 Å². The minimum absolute atomic E-state index is 0.255. The van der Waals surface area contributed by atoms with Crippen molar-refractivity contribution >= 4 is 32.3 Å². The highest BCUT2D eigenvalue weighted by Crippen LogP contribution is 2.33. The highest BCUT2D eigenvalue weighted by molar-refractivity contribution is 7.92. The van der Waals surface area contributed by atoms with Crippen LogP contribution >= 0.6 is 11.3 Å². The number of esters is 1. The zero-order valence-corrected chi connectivity index (χ0v) is 11.8. The van der Waals surface area contributed by atoms with Crippen LogP contribution in [0.3, 0.4) is 0 Å². The molecule has 7 heteroatoms. The van der Waals surface area contributed by atoms with Gasteiger partial charge < -0.3 is 4.74 Å². The van der Waals surface area contributed by atoms with Crippen LogP contribution < -0.4 is 4.72 Å². The number of thiophene rings is 1. The number of ether oxygens (including phenoxy) is 1. The normalized spacial score (nSPS) is 11.3. The molecule has 0 saturated heterocycles. The van der Waals surface area contributed by atoms with E-state index in [9.17, 15) is 13.2 Å². The van der Waals surface area contributed by atoms with Crippen molar-refractivity contribution in [3.63, 3.8) is 0 Å². The van der Waals surface area contributed by atoms with Crippen molar-refractivity contribution in [2.24, 2.45) is 0 Å². The lowest BCUT2D eigenvalue weighted by Gasteiger charge is -2.05. The molecular weight excluding hydrogens is 262 g/mol. The highest BCUT2D eigenvalue weighted by atomic mass is 32.2. The number of rotatable bonds is 4. The second-order valence-electron chi connectivity index (χ2n) is 3.58. The van der Waals surface area contributed by atoms with Gasteiger partial charge in [0.1, 0.15) is 5.00 Å². The number of hydrogen-bond donors (Lipinski definition) is 1. The average Bonchev–Trinajstić information content (AvgIpc) is 2.39. The Labute approximate surface area is 105 Å². The lowest BCUT2D eigenvalue weighted by atomic mass is 10.2. The molecule has 0 aromatic carbocycles. The molecule has 5 nitrogen and oxygen atoms in total. The van der Waals surface area contributed by atoms with Crippen LogP contribution in [0, 0.1) is 13.8 Å². The minimum Gasteiger partial charge on any atom is -0.462 e. The quantitative estimate of drug-likeness (QED) is 0.853. The van der Waals surface area contributed by atoms with Gasteiger partial charge >= 0.3 is 5.97 Å². The first-order chi connectivity index (χ1) is 7.76. The lowest BCUT2D eigenvalue weighted by Crippen LogP contribution is -2.13. The predicted molar refractivity (Wildman–Crippen MR) is 68.2 cm³/mol. The van der Waals surface area contributed by atoms with E-state index in [0.29, 0.717) is 10.6 Å².